The first kappa shape index (κ1) is 15.7. The predicted molar refractivity (Wildman–Crippen MR) is 75.6 cm³/mol. The molecule has 0 N–H and O–H groups in total. The van der Waals surface area contributed by atoms with Crippen LogP contribution in [-0.2, 0) is 0 Å². The standard InChI is InChI=1S/C16H31/c1-4-5-6-7-8-9-10-11-12-13-14-15-16(2)3/h15H,2,4-14H2,1,3H3/b16-15-. The fraction of sp³-hybridized carbons (Fsp3) is 0.812. The van der Waals surface area contributed by atoms with Gasteiger partial charge >= 0.3 is 0 Å². The van der Waals surface area contributed by atoms with E-state index in [4.69, 9.17) is 0 Å². The van der Waals surface area contributed by atoms with Gasteiger partial charge in [0.15, 0.2) is 0 Å². The van der Waals surface area contributed by atoms with Gasteiger partial charge in [-0.1, -0.05) is 76.4 Å². The van der Waals surface area contributed by atoms with Crippen molar-refractivity contribution in [3.8, 4) is 0 Å². The smallest absolute Gasteiger partial charge is 0.0286 e. The summed E-state index contributed by atoms with van der Waals surface area (Å²) in [4.78, 5) is 0. The SMILES string of the molecule is [CH2]/C(C)=C/CCCCCCCCCCCC. The highest BCUT2D eigenvalue weighted by Crippen LogP contribution is 2.11. The third kappa shape index (κ3) is 13.7. The van der Waals surface area contributed by atoms with Crippen molar-refractivity contribution in [3.05, 3.63) is 18.6 Å². The quantitative estimate of drug-likeness (QED) is 0.372. The van der Waals surface area contributed by atoms with Crippen LogP contribution in [0.15, 0.2) is 11.6 Å². The lowest BCUT2D eigenvalue weighted by Gasteiger charge is -2.01. The maximum Gasteiger partial charge on any atom is -0.0286 e. The van der Waals surface area contributed by atoms with Gasteiger partial charge in [0.25, 0.3) is 0 Å². The molecule has 0 heteroatoms. The Morgan fingerprint density at radius 2 is 1.25 bits per heavy atom. The molecule has 0 bridgehead atoms. The Morgan fingerprint density at radius 1 is 0.812 bits per heavy atom. The second-order valence-electron chi connectivity index (χ2n) is 5.02. The first-order valence-corrected chi connectivity index (χ1v) is 7.26. The summed E-state index contributed by atoms with van der Waals surface area (Å²) in [5.74, 6) is 0. The first-order valence-electron chi connectivity index (χ1n) is 7.26. The normalized spacial score (nSPS) is 12.1. The molecule has 0 aliphatic heterocycles. The Labute approximate surface area is 104 Å². The van der Waals surface area contributed by atoms with Crippen LogP contribution in [0, 0.1) is 6.92 Å². The summed E-state index contributed by atoms with van der Waals surface area (Å²) < 4.78 is 0. The molecule has 0 fully saturated rings. The average molecular weight is 223 g/mol. The zero-order valence-corrected chi connectivity index (χ0v) is 11.6. The fourth-order valence-corrected chi connectivity index (χ4v) is 1.98. The van der Waals surface area contributed by atoms with Crippen LogP contribution in [0.5, 0.6) is 0 Å². The third-order valence-corrected chi connectivity index (χ3v) is 3.05. The molecule has 0 aromatic carbocycles. The average Bonchev–Trinajstić information content (AvgIpc) is 2.25. The Bertz CT molecular complexity index is 151. The molecule has 0 amide bonds. The summed E-state index contributed by atoms with van der Waals surface area (Å²) in [6.45, 7) is 8.24. The summed E-state index contributed by atoms with van der Waals surface area (Å²) in [6, 6.07) is 0. The molecular weight excluding hydrogens is 192 g/mol. The minimum absolute atomic E-state index is 1.22. The van der Waals surface area contributed by atoms with E-state index in [1.165, 1.54) is 76.2 Å². The molecular formula is C16H31. The van der Waals surface area contributed by atoms with E-state index in [1.807, 2.05) is 0 Å². The van der Waals surface area contributed by atoms with E-state index < -0.39 is 0 Å². The van der Waals surface area contributed by atoms with Crippen molar-refractivity contribution in [2.24, 2.45) is 0 Å². The predicted octanol–water partition coefficient (Wildman–Crippen LogP) is 6.08. The summed E-state index contributed by atoms with van der Waals surface area (Å²) in [7, 11) is 0. The summed E-state index contributed by atoms with van der Waals surface area (Å²) in [5, 5.41) is 0. The Morgan fingerprint density at radius 3 is 1.69 bits per heavy atom. The number of unbranched alkanes of at least 4 members (excludes halogenated alkanes) is 10. The van der Waals surface area contributed by atoms with Gasteiger partial charge in [0.05, 0.1) is 0 Å². The molecule has 0 aromatic rings. The highest BCUT2D eigenvalue weighted by Gasteiger charge is 1.91. The molecule has 0 atom stereocenters. The molecule has 0 unspecified atom stereocenters. The van der Waals surface area contributed by atoms with Gasteiger partial charge in [-0.05, 0) is 26.7 Å². The molecule has 0 spiro atoms. The maximum atomic E-state index is 3.88. The topological polar surface area (TPSA) is 0 Å². The Hall–Kier alpha value is -0.260. The van der Waals surface area contributed by atoms with Crippen molar-refractivity contribution < 1.29 is 0 Å². The van der Waals surface area contributed by atoms with Crippen molar-refractivity contribution in [3.63, 3.8) is 0 Å². The number of hydrogen-bond acceptors (Lipinski definition) is 0. The molecule has 0 aliphatic rings. The minimum Gasteiger partial charge on any atom is -0.0856 e. The van der Waals surface area contributed by atoms with E-state index in [9.17, 15) is 0 Å². The molecule has 0 saturated carbocycles. The highest BCUT2D eigenvalue weighted by molar-refractivity contribution is 5.00. The maximum absolute atomic E-state index is 3.88. The van der Waals surface area contributed by atoms with Crippen molar-refractivity contribution >= 4 is 0 Å². The second kappa shape index (κ2) is 12.8. The Kier molecular flexibility index (Phi) is 12.6. The van der Waals surface area contributed by atoms with E-state index in [0.717, 1.165) is 0 Å². The van der Waals surface area contributed by atoms with Gasteiger partial charge in [-0.2, -0.15) is 0 Å². The van der Waals surface area contributed by atoms with Crippen LogP contribution in [0.4, 0.5) is 0 Å². The largest absolute Gasteiger partial charge is 0.0856 e. The third-order valence-electron chi connectivity index (χ3n) is 3.05. The van der Waals surface area contributed by atoms with Crippen LogP contribution in [-0.4, -0.2) is 0 Å². The van der Waals surface area contributed by atoms with Crippen molar-refractivity contribution in [2.75, 3.05) is 0 Å². The van der Waals surface area contributed by atoms with Crippen LogP contribution in [0.25, 0.3) is 0 Å². The lowest BCUT2D eigenvalue weighted by Crippen LogP contribution is -1.81. The van der Waals surface area contributed by atoms with Gasteiger partial charge in [-0.3, -0.25) is 0 Å². The molecule has 95 valence electrons. The zero-order chi connectivity index (χ0) is 12.1. The molecule has 0 saturated heterocycles. The second-order valence-corrected chi connectivity index (χ2v) is 5.02. The summed E-state index contributed by atoms with van der Waals surface area (Å²) in [5.41, 5.74) is 1.22. The molecule has 0 rings (SSSR count). The summed E-state index contributed by atoms with van der Waals surface area (Å²) in [6.07, 6.45) is 17.7. The van der Waals surface area contributed by atoms with Crippen LogP contribution in [0.2, 0.25) is 0 Å². The van der Waals surface area contributed by atoms with E-state index in [-0.39, 0.29) is 0 Å². The summed E-state index contributed by atoms with van der Waals surface area (Å²) >= 11 is 0. The lowest BCUT2D eigenvalue weighted by atomic mass is 10.1. The monoisotopic (exact) mass is 223 g/mol. The van der Waals surface area contributed by atoms with Gasteiger partial charge in [0, 0.05) is 0 Å². The van der Waals surface area contributed by atoms with Crippen LogP contribution in [0.3, 0.4) is 0 Å². The fourth-order valence-electron chi connectivity index (χ4n) is 1.98. The van der Waals surface area contributed by atoms with Gasteiger partial charge in [0.2, 0.25) is 0 Å². The number of allylic oxidation sites excluding steroid dienone is 2. The van der Waals surface area contributed by atoms with Crippen LogP contribution >= 0.6 is 0 Å². The van der Waals surface area contributed by atoms with Crippen LogP contribution < -0.4 is 0 Å². The number of rotatable bonds is 11. The highest BCUT2D eigenvalue weighted by atomic mass is 14.0. The molecule has 1 radical (unpaired) electrons. The van der Waals surface area contributed by atoms with Gasteiger partial charge in [-0.25, -0.2) is 0 Å². The zero-order valence-electron chi connectivity index (χ0n) is 11.6. The molecule has 0 aliphatic carbocycles. The van der Waals surface area contributed by atoms with Gasteiger partial charge < -0.3 is 0 Å². The van der Waals surface area contributed by atoms with Crippen molar-refractivity contribution in [1.29, 1.82) is 0 Å². The van der Waals surface area contributed by atoms with E-state index in [2.05, 4.69) is 26.8 Å². The molecule has 16 heavy (non-hydrogen) atoms. The minimum atomic E-state index is 1.22. The first-order chi connectivity index (χ1) is 7.77. The van der Waals surface area contributed by atoms with Crippen molar-refractivity contribution in [1.82, 2.24) is 0 Å². The van der Waals surface area contributed by atoms with E-state index in [1.54, 1.807) is 0 Å². The molecule has 0 nitrogen and oxygen atoms in total. The molecule has 0 heterocycles. The number of hydrogen-bond donors (Lipinski definition) is 0. The lowest BCUT2D eigenvalue weighted by molar-refractivity contribution is 0.557. The van der Waals surface area contributed by atoms with Crippen molar-refractivity contribution in [2.45, 2.75) is 84.5 Å². The van der Waals surface area contributed by atoms with E-state index in [0.29, 0.717) is 0 Å². The van der Waals surface area contributed by atoms with Gasteiger partial charge in [0.1, 0.15) is 0 Å². The Balaban J connectivity index is 2.96. The molecule has 0 aromatic heterocycles. The van der Waals surface area contributed by atoms with Gasteiger partial charge in [-0.15, -0.1) is 0 Å². The van der Waals surface area contributed by atoms with E-state index >= 15 is 0 Å². The van der Waals surface area contributed by atoms with Crippen LogP contribution in [0.1, 0.15) is 84.5 Å².